The molecule has 18 heavy (non-hydrogen) atoms. The summed E-state index contributed by atoms with van der Waals surface area (Å²) in [6, 6.07) is 9.28. The average Bonchev–Trinajstić information content (AvgIpc) is 2.78. The SMILES string of the molecule is O=C(O)c1ccc(-c2ccccc2OC(F)F)s1. The van der Waals surface area contributed by atoms with Crippen LogP contribution in [0.25, 0.3) is 10.4 Å². The number of rotatable bonds is 4. The molecule has 2 aromatic rings. The molecule has 0 radical (unpaired) electrons. The predicted molar refractivity (Wildman–Crippen MR) is 63.3 cm³/mol. The number of carboxylic acids is 1. The maximum Gasteiger partial charge on any atom is 0.387 e. The minimum Gasteiger partial charge on any atom is -0.477 e. The van der Waals surface area contributed by atoms with Crippen molar-refractivity contribution < 1.29 is 23.4 Å². The number of hydrogen-bond acceptors (Lipinski definition) is 3. The van der Waals surface area contributed by atoms with E-state index < -0.39 is 12.6 Å². The van der Waals surface area contributed by atoms with Crippen molar-refractivity contribution in [3.05, 3.63) is 41.3 Å². The topological polar surface area (TPSA) is 46.5 Å². The Labute approximate surface area is 105 Å². The molecule has 6 heteroatoms. The molecule has 1 heterocycles. The van der Waals surface area contributed by atoms with E-state index in [0.717, 1.165) is 11.3 Å². The number of benzene rings is 1. The van der Waals surface area contributed by atoms with E-state index in [9.17, 15) is 13.6 Å². The first-order chi connectivity index (χ1) is 8.58. The fourth-order valence-electron chi connectivity index (χ4n) is 1.47. The van der Waals surface area contributed by atoms with Gasteiger partial charge in [0.05, 0.1) is 0 Å². The van der Waals surface area contributed by atoms with E-state index >= 15 is 0 Å². The molecule has 0 saturated heterocycles. The van der Waals surface area contributed by atoms with E-state index in [2.05, 4.69) is 4.74 Å². The molecular weight excluding hydrogens is 262 g/mol. The van der Waals surface area contributed by atoms with Crippen molar-refractivity contribution in [2.24, 2.45) is 0 Å². The van der Waals surface area contributed by atoms with Crippen LogP contribution in [-0.2, 0) is 0 Å². The molecule has 0 aliphatic rings. The summed E-state index contributed by atoms with van der Waals surface area (Å²) in [6.07, 6.45) is 0. The Hall–Kier alpha value is -1.95. The monoisotopic (exact) mass is 270 g/mol. The van der Waals surface area contributed by atoms with Gasteiger partial charge in [0.1, 0.15) is 10.6 Å². The number of alkyl halides is 2. The second kappa shape index (κ2) is 5.14. The summed E-state index contributed by atoms with van der Waals surface area (Å²) in [6.45, 7) is -2.91. The van der Waals surface area contributed by atoms with E-state index in [1.165, 1.54) is 12.1 Å². The quantitative estimate of drug-likeness (QED) is 0.921. The Morgan fingerprint density at radius 3 is 2.56 bits per heavy atom. The molecule has 0 amide bonds. The Bertz CT molecular complexity index is 566. The van der Waals surface area contributed by atoms with Crippen molar-refractivity contribution in [2.45, 2.75) is 6.61 Å². The number of halogens is 2. The molecule has 0 unspecified atom stereocenters. The van der Waals surface area contributed by atoms with Crippen molar-refractivity contribution in [3.63, 3.8) is 0 Å². The maximum atomic E-state index is 12.2. The Morgan fingerprint density at radius 1 is 1.22 bits per heavy atom. The second-order valence-corrected chi connectivity index (χ2v) is 4.43. The van der Waals surface area contributed by atoms with Gasteiger partial charge in [-0.2, -0.15) is 8.78 Å². The number of ether oxygens (including phenoxy) is 1. The zero-order valence-corrected chi connectivity index (χ0v) is 9.79. The third-order valence-corrected chi connectivity index (χ3v) is 3.29. The first-order valence-electron chi connectivity index (χ1n) is 4.95. The van der Waals surface area contributed by atoms with Crippen molar-refractivity contribution in [1.82, 2.24) is 0 Å². The van der Waals surface area contributed by atoms with E-state index in [0.29, 0.717) is 10.4 Å². The second-order valence-electron chi connectivity index (χ2n) is 3.34. The van der Waals surface area contributed by atoms with Gasteiger partial charge in [0, 0.05) is 10.4 Å². The van der Waals surface area contributed by atoms with Crippen LogP contribution in [0.2, 0.25) is 0 Å². The van der Waals surface area contributed by atoms with E-state index in [-0.39, 0.29) is 10.6 Å². The smallest absolute Gasteiger partial charge is 0.387 e. The molecule has 0 aliphatic heterocycles. The van der Waals surface area contributed by atoms with Gasteiger partial charge in [0.2, 0.25) is 0 Å². The number of thiophene rings is 1. The van der Waals surface area contributed by atoms with Crippen LogP contribution in [0.1, 0.15) is 9.67 Å². The molecule has 1 N–H and O–H groups in total. The lowest BCUT2D eigenvalue weighted by molar-refractivity contribution is -0.0494. The molecule has 0 spiro atoms. The van der Waals surface area contributed by atoms with Gasteiger partial charge >= 0.3 is 12.6 Å². The van der Waals surface area contributed by atoms with Crippen LogP contribution >= 0.6 is 11.3 Å². The normalized spacial score (nSPS) is 10.6. The number of para-hydroxylation sites is 1. The van der Waals surface area contributed by atoms with Crippen molar-refractivity contribution in [3.8, 4) is 16.2 Å². The molecule has 0 fully saturated rings. The highest BCUT2D eigenvalue weighted by Crippen LogP contribution is 2.35. The van der Waals surface area contributed by atoms with Gasteiger partial charge < -0.3 is 9.84 Å². The van der Waals surface area contributed by atoms with Crippen LogP contribution < -0.4 is 4.74 Å². The third kappa shape index (κ3) is 2.65. The highest BCUT2D eigenvalue weighted by Gasteiger charge is 2.14. The molecular formula is C12H8F2O3S. The lowest BCUT2D eigenvalue weighted by Crippen LogP contribution is -2.02. The number of aromatic carboxylic acids is 1. The molecule has 1 aromatic heterocycles. The summed E-state index contributed by atoms with van der Waals surface area (Å²) < 4.78 is 28.9. The number of hydrogen-bond donors (Lipinski definition) is 1. The third-order valence-electron chi connectivity index (χ3n) is 2.19. The van der Waals surface area contributed by atoms with E-state index in [1.807, 2.05) is 0 Å². The lowest BCUT2D eigenvalue weighted by atomic mass is 10.1. The number of carboxylic acid groups (broad SMARTS) is 1. The standard InChI is InChI=1S/C12H8F2O3S/c13-12(14)17-8-4-2-1-3-7(8)9-5-6-10(18-9)11(15)16/h1-6,12H,(H,15,16). The zero-order chi connectivity index (χ0) is 13.1. The summed E-state index contributed by atoms with van der Waals surface area (Å²) in [5.41, 5.74) is 0.454. The van der Waals surface area contributed by atoms with Crippen molar-refractivity contribution in [1.29, 1.82) is 0 Å². The first kappa shape index (κ1) is 12.5. The summed E-state index contributed by atoms with van der Waals surface area (Å²) >= 11 is 1.01. The van der Waals surface area contributed by atoms with E-state index in [1.54, 1.807) is 24.3 Å². The van der Waals surface area contributed by atoms with Crippen molar-refractivity contribution in [2.75, 3.05) is 0 Å². The molecule has 0 saturated carbocycles. The maximum absolute atomic E-state index is 12.2. The molecule has 1 aromatic carbocycles. The summed E-state index contributed by atoms with van der Waals surface area (Å²) in [5, 5.41) is 8.82. The summed E-state index contributed by atoms with van der Waals surface area (Å²) in [7, 11) is 0. The van der Waals surface area contributed by atoms with Crippen LogP contribution in [0.5, 0.6) is 5.75 Å². The first-order valence-corrected chi connectivity index (χ1v) is 5.77. The van der Waals surface area contributed by atoms with Crippen LogP contribution in [0.4, 0.5) is 8.78 Å². The van der Waals surface area contributed by atoms with Gasteiger partial charge in [0.25, 0.3) is 0 Å². The van der Waals surface area contributed by atoms with Gasteiger partial charge in [-0.05, 0) is 24.3 Å². The fraction of sp³-hybridized carbons (Fsp3) is 0.0833. The largest absolute Gasteiger partial charge is 0.477 e. The molecule has 0 aliphatic carbocycles. The van der Waals surface area contributed by atoms with Crippen molar-refractivity contribution >= 4 is 17.3 Å². The molecule has 3 nitrogen and oxygen atoms in total. The van der Waals surface area contributed by atoms with E-state index in [4.69, 9.17) is 5.11 Å². The van der Waals surface area contributed by atoms with Gasteiger partial charge in [-0.25, -0.2) is 4.79 Å². The molecule has 94 valence electrons. The van der Waals surface area contributed by atoms with Crippen LogP contribution in [0.15, 0.2) is 36.4 Å². The summed E-state index contributed by atoms with van der Waals surface area (Å²) in [4.78, 5) is 11.5. The highest BCUT2D eigenvalue weighted by atomic mass is 32.1. The summed E-state index contributed by atoms with van der Waals surface area (Å²) in [5.74, 6) is -1.01. The Balaban J connectivity index is 2.39. The van der Waals surface area contributed by atoms with Gasteiger partial charge in [-0.1, -0.05) is 12.1 Å². The van der Waals surface area contributed by atoms with Crippen LogP contribution in [0.3, 0.4) is 0 Å². The van der Waals surface area contributed by atoms with Crippen LogP contribution in [-0.4, -0.2) is 17.7 Å². The highest BCUT2D eigenvalue weighted by molar-refractivity contribution is 7.17. The Morgan fingerprint density at radius 2 is 1.94 bits per heavy atom. The molecule has 0 bridgehead atoms. The van der Waals surface area contributed by atoms with Gasteiger partial charge in [-0.3, -0.25) is 0 Å². The fourth-order valence-corrected chi connectivity index (χ4v) is 2.34. The van der Waals surface area contributed by atoms with Gasteiger partial charge in [0.15, 0.2) is 0 Å². The van der Waals surface area contributed by atoms with Crippen LogP contribution in [0, 0.1) is 0 Å². The predicted octanol–water partition coefficient (Wildman–Crippen LogP) is 3.71. The average molecular weight is 270 g/mol. The van der Waals surface area contributed by atoms with Gasteiger partial charge in [-0.15, -0.1) is 11.3 Å². The molecule has 0 atom stereocenters. The number of carbonyl (C=O) groups is 1. The zero-order valence-electron chi connectivity index (χ0n) is 8.97. The lowest BCUT2D eigenvalue weighted by Gasteiger charge is -2.08. The molecule has 2 rings (SSSR count). The minimum atomic E-state index is -2.91. The Kier molecular flexibility index (Phi) is 3.57. The minimum absolute atomic E-state index is 0.0336.